The SMILES string of the molecule is CC(C)(C#N)[C@@H](O)CCOCc1ccccc1.CC(C)C#N.Cc1ccc(SON2[B]OC(=O)C2C(C)C)cc1.O=CCCOCc1ccccc1. The lowest BCUT2D eigenvalue weighted by molar-refractivity contribution is -0.139. The molecule has 1 saturated heterocycles. The van der Waals surface area contributed by atoms with Crippen molar-refractivity contribution in [2.45, 2.75) is 91.6 Å². The number of aryl methyl sites for hydroxylation is 1. The number of hydrogen-bond acceptors (Lipinski definition) is 11. The summed E-state index contributed by atoms with van der Waals surface area (Å²) in [5.74, 6) is 0.0550. The predicted molar refractivity (Wildman–Crippen MR) is 204 cm³/mol. The second-order valence-corrected chi connectivity index (χ2v) is 13.8. The number of hydrogen-bond donors (Lipinski definition) is 1. The van der Waals surface area contributed by atoms with E-state index in [0.717, 1.165) is 22.3 Å². The van der Waals surface area contributed by atoms with Gasteiger partial charge < -0.3 is 24.0 Å². The van der Waals surface area contributed by atoms with Gasteiger partial charge in [0.2, 0.25) is 0 Å². The molecule has 0 spiro atoms. The minimum absolute atomic E-state index is 0.134. The average Bonchev–Trinajstić information content (AvgIpc) is 3.53. The summed E-state index contributed by atoms with van der Waals surface area (Å²) in [6.07, 6.45) is 1.17. The maximum absolute atomic E-state index is 11.5. The van der Waals surface area contributed by atoms with Gasteiger partial charge in [0.1, 0.15) is 12.3 Å². The topological polar surface area (TPSA) is 142 Å². The second kappa shape index (κ2) is 26.7. The Morgan fingerprint density at radius 2 is 1.44 bits per heavy atom. The van der Waals surface area contributed by atoms with Gasteiger partial charge in [-0.15, -0.1) is 0 Å². The summed E-state index contributed by atoms with van der Waals surface area (Å²) >= 11 is 1.21. The highest BCUT2D eigenvalue weighted by Gasteiger charge is 2.40. The summed E-state index contributed by atoms with van der Waals surface area (Å²) in [5, 5.41) is 26.5. The van der Waals surface area contributed by atoms with Crippen LogP contribution >= 0.6 is 12.0 Å². The summed E-state index contributed by atoms with van der Waals surface area (Å²) in [4.78, 5) is 23.9. The number of carbonyl (C=O) groups is 2. The van der Waals surface area contributed by atoms with Crippen molar-refractivity contribution < 1.29 is 33.1 Å². The molecule has 279 valence electrons. The standard InChI is InChI=1S/C14H19NO2.C12H15BNO3S.C10H12O2.C4H7N/c1-14(2,11-15)13(16)8-9-17-10-12-6-4-3-5-7-12;1-8(2)11-12(15)16-13-14(11)17-18-10-6-4-9(3)5-7-10;11-7-4-8-12-9-10-5-2-1-3-6-10;1-4(2)3-5/h3-7,13,16H,8-10H2,1-2H3;4-8,11H,1-3H3;1-3,5-7H,4,8-9H2;4H,1-2H3/t13-;;;/m0.../s1. The van der Waals surface area contributed by atoms with E-state index in [1.165, 1.54) is 30.2 Å². The first kappa shape index (κ1) is 46.0. The van der Waals surface area contributed by atoms with Crippen LogP contribution in [0.15, 0.2) is 89.8 Å². The van der Waals surface area contributed by atoms with Crippen molar-refractivity contribution in [3.05, 3.63) is 102 Å². The van der Waals surface area contributed by atoms with E-state index in [1.54, 1.807) is 13.8 Å². The lowest BCUT2D eigenvalue weighted by Gasteiger charge is -2.22. The number of rotatable bonds is 15. The number of nitriles is 2. The minimum atomic E-state index is -0.712. The zero-order valence-corrected chi connectivity index (χ0v) is 32.3. The monoisotopic (exact) mass is 730 g/mol. The third-order valence-electron chi connectivity index (χ3n) is 7.18. The molecule has 1 aliphatic heterocycles. The van der Waals surface area contributed by atoms with Gasteiger partial charge in [0.15, 0.2) is 0 Å². The Bertz CT molecular complexity index is 1480. The van der Waals surface area contributed by atoms with E-state index in [0.29, 0.717) is 39.3 Å². The molecule has 52 heavy (non-hydrogen) atoms. The van der Waals surface area contributed by atoms with Crippen molar-refractivity contribution in [1.82, 2.24) is 4.97 Å². The van der Waals surface area contributed by atoms with Gasteiger partial charge in [-0.1, -0.05) is 92.2 Å². The fourth-order valence-corrected chi connectivity index (χ4v) is 4.49. The van der Waals surface area contributed by atoms with Crippen LogP contribution in [0.5, 0.6) is 0 Å². The van der Waals surface area contributed by atoms with Gasteiger partial charge in [-0.25, -0.2) is 4.28 Å². The summed E-state index contributed by atoms with van der Waals surface area (Å²) < 4.78 is 21.1. The van der Waals surface area contributed by atoms with E-state index in [-0.39, 0.29) is 23.8 Å². The number of aldehydes is 1. The van der Waals surface area contributed by atoms with E-state index in [9.17, 15) is 14.7 Å². The molecule has 0 amide bonds. The molecule has 0 bridgehead atoms. The van der Waals surface area contributed by atoms with E-state index >= 15 is 0 Å². The molecule has 12 heteroatoms. The van der Waals surface area contributed by atoms with Crippen LogP contribution in [0.2, 0.25) is 0 Å². The number of hydroxylamine groups is 1. The highest BCUT2D eigenvalue weighted by molar-refractivity contribution is 7.94. The first-order valence-corrected chi connectivity index (χ1v) is 18.0. The maximum atomic E-state index is 11.5. The van der Waals surface area contributed by atoms with Crippen molar-refractivity contribution in [2.24, 2.45) is 17.3 Å². The molecule has 1 radical (unpaired) electrons. The molecule has 0 aromatic heterocycles. The maximum Gasteiger partial charge on any atom is 0.510 e. The smallest absolute Gasteiger partial charge is 0.510 e. The van der Waals surface area contributed by atoms with Gasteiger partial charge in [0.05, 0.1) is 55.5 Å². The van der Waals surface area contributed by atoms with Gasteiger partial charge in [-0.2, -0.15) is 15.5 Å². The van der Waals surface area contributed by atoms with Crippen LogP contribution in [0.4, 0.5) is 0 Å². The van der Waals surface area contributed by atoms with Gasteiger partial charge in [0.25, 0.3) is 0 Å². The summed E-state index contributed by atoms with van der Waals surface area (Å²) in [6.45, 7) is 15.2. The normalized spacial score (nSPS) is 14.2. The molecule has 4 rings (SSSR count). The first-order valence-electron chi connectivity index (χ1n) is 17.2. The lowest BCUT2D eigenvalue weighted by atomic mass is 9.87. The van der Waals surface area contributed by atoms with Crippen LogP contribution in [0.25, 0.3) is 0 Å². The van der Waals surface area contributed by atoms with E-state index < -0.39 is 11.5 Å². The van der Waals surface area contributed by atoms with Gasteiger partial charge in [-0.3, -0.25) is 4.79 Å². The molecule has 1 heterocycles. The van der Waals surface area contributed by atoms with Crippen LogP contribution < -0.4 is 0 Å². The molecular formula is C40H53BN3O7S. The van der Waals surface area contributed by atoms with E-state index in [4.69, 9.17) is 28.9 Å². The van der Waals surface area contributed by atoms with Gasteiger partial charge in [-0.05, 0) is 70.2 Å². The molecule has 1 N–H and O–H groups in total. The lowest BCUT2D eigenvalue weighted by Crippen LogP contribution is -2.36. The van der Waals surface area contributed by atoms with Crippen molar-refractivity contribution in [3.63, 3.8) is 0 Å². The van der Waals surface area contributed by atoms with Crippen molar-refractivity contribution in [3.8, 4) is 12.1 Å². The molecule has 10 nitrogen and oxygen atoms in total. The van der Waals surface area contributed by atoms with Crippen LogP contribution in [0, 0.1) is 46.8 Å². The Hall–Kier alpha value is -4.01. The number of aliphatic hydroxyl groups excluding tert-OH is 1. The number of nitrogens with zero attached hydrogens (tertiary/aromatic N) is 3. The molecule has 1 fully saturated rings. The molecule has 2 atom stereocenters. The molecule has 0 saturated carbocycles. The van der Waals surface area contributed by atoms with Crippen molar-refractivity contribution >= 4 is 31.9 Å². The Morgan fingerprint density at radius 3 is 1.90 bits per heavy atom. The summed E-state index contributed by atoms with van der Waals surface area (Å²) in [7, 11) is 1.33. The van der Waals surface area contributed by atoms with Crippen LogP contribution in [0.3, 0.4) is 0 Å². The fourth-order valence-electron chi connectivity index (χ4n) is 3.94. The summed E-state index contributed by atoms with van der Waals surface area (Å²) in [6, 6.07) is 31.5. The largest absolute Gasteiger partial charge is 0.519 e. The highest BCUT2D eigenvalue weighted by Crippen LogP contribution is 2.26. The van der Waals surface area contributed by atoms with Gasteiger partial charge in [0, 0.05) is 23.8 Å². The quantitative estimate of drug-likeness (QED) is 0.0708. The van der Waals surface area contributed by atoms with Crippen LogP contribution in [0.1, 0.15) is 71.1 Å². The first-order chi connectivity index (χ1) is 24.8. The molecule has 3 aromatic carbocycles. The Kier molecular flexibility index (Phi) is 23.6. The Labute approximate surface area is 315 Å². The van der Waals surface area contributed by atoms with E-state index in [2.05, 4.69) is 6.07 Å². The Balaban J connectivity index is 0.000000372. The number of aliphatic hydroxyl groups is 1. The fraction of sp³-hybridized carbons (Fsp3) is 0.450. The number of ether oxygens (including phenoxy) is 2. The van der Waals surface area contributed by atoms with Crippen LogP contribution in [-0.4, -0.2) is 55.3 Å². The molecule has 1 aliphatic rings. The molecule has 1 unspecified atom stereocenters. The third-order valence-corrected chi connectivity index (χ3v) is 7.89. The van der Waals surface area contributed by atoms with Crippen molar-refractivity contribution in [1.29, 1.82) is 10.5 Å². The third kappa shape index (κ3) is 20.1. The highest BCUT2D eigenvalue weighted by atomic mass is 32.2. The summed E-state index contributed by atoms with van der Waals surface area (Å²) in [5.41, 5.74) is 2.74. The molecule has 0 aliphatic carbocycles. The minimum Gasteiger partial charge on any atom is -0.519 e. The van der Waals surface area contributed by atoms with Crippen molar-refractivity contribution in [2.75, 3.05) is 13.2 Å². The van der Waals surface area contributed by atoms with E-state index in [1.807, 2.05) is 126 Å². The zero-order chi connectivity index (χ0) is 38.8. The average molecular weight is 731 g/mol. The Morgan fingerprint density at radius 1 is 0.923 bits per heavy atom. The number of carbonyl (C=O) groups excluding carboxylic acids is 2. The molecule has 3 aromatic rings. The second-order valence-electron chi connectivity index (χ2n) is 13.0. The van der Waals surface area contributed by atoms with Crippen LogP contribution in [-0.2, 0) is 41.2 Å². The number of benzene rings is 3. The zero-order valence-electron chi connectivity index (χ0n) is 31.4. The van der Waals surface area contributed by atoms with Gasteiger partial charge >= 0.3 is 13.6 Å². The predicted octanol–water partition coefficient (Wildman–Crippen LogP) is 7.81. The molecular weight excluding hydrogens is 677 g/mol.